The van der Waals surface area contributed by atoms with E-state index in [1.807, 2.05) is 30.2 Å². The van der Waals surface area contributed by atoms with Crippen molar-refractivity contribution in [2.24, 2.45) is 5.92 Å². The number of aryl methyl sites for hydroxylation is 1. The maximum absolute atomic E-state index is 12.7. The molecule has 1 aliphatic heterocycles. The Morgan fingerprint density at radius 1 is 1.22 bits per heavy atom. The molecule has 0 aromatic carbocycles. The lowest BCUT2D eigenvalue weighted by Gasteiger charge is -2.31. The number of rotatable bonds is 9. The highest BCUT2D eigenvalue weighted by molar-refractivity contribution is 7.09. The van der Waals surface area contributed by atoms with Gasteiger partial charge in [0.2, 0.25) is 11.8 Å². The van der Waals surface area contributed by atoms with Gasteiger partial charge in [0.1, 0.15) is 5.69 Å². The molecule has 0 aliphatic carbocycles. The Kier molecular flexibility index (Phi) is 8.50. The Morgan fingerprint density at radius 3 is 2.62 bits per heavy atom. The molecule has 3 heterocycles. The minimum absolute atomic E-state index is 0.0244. The number of piperidine rings is 1. The molecule has 0 saturated carbocycles. The summed E-state index contributed by atoms with van der Waals surface area (Å²) >= 11 is 1.70. The van der Waals surface area contributed by atoms with Gasteiger partial charge in [-0.15, -0.1) is 11.3 Å². The molecule has 2 amide bonds. The van der Waals surface area contributed by atoms with Gasteiger partial charge in [0.05, 0.1) is 6.61 Å². The van der Waals surface area contributed by atoms with Gasteiger partial charge in [-0.2, -0.15) is 0 Å². The van der Waals surface area contributed by atoms with Crippen molar-refractivity contribution in [3.8, 4) is 0 Å². The Balaban J connectivity index is 1.43. The number of H-pyrrole nitrogens is 1. The van der Waals surface area contributed by atoms with Crippen molar-refractivity contribution in [3.05, 3.63) is 44.9 Å². The van der Waals surface area contributed by atoms with E-state index in [1.165, 1.54) is 4.88 Å². The zero-order chi connectivity index (χ0) is 23.1. The minimum atomic E-state index is -0.360. The van der Waals surface area contributed by atoms with Gasteiger partial charge in [0.15, 0.2) is 0 Å². The second-order valence-corrected chi connectivity index (χ2v) is 9.26. The molecule has 2 aromatic heterocycles. The number of amides is 2. The zero-order valence-electron chi connectivity index (χ0n) is 19.2. The number of thiophene rings is 1. The van der Waals surface area contributed by atoms with Crippen molar-refractivity contribution in [1.82, 2.24) is 15.2 Å². The lowest BCUT2D eigenvalue weighted by atomic mass is 9.95. The first kappa shape index (κ1) is 24.0. The van der Waals surface area contributed by atoms with Crippen LogP contribution in [0.5, 0.6) is 0 Å². The van der Waals surface area contributed by atoms with E-state index >= 15 is 0 Å². The molecule has 2 aromatic rings. The van der Waals surface area contributed by atoms with Gasteiger partial charge in [-0.3, -0.25) is 9.59 Å². The molecule has 0 radical (unpaired) electrons. The van der Waals surface area contributed by atoms with E-state index in [2.05, 4.69) is 16.4 Å². The van der Waals surface area contributed by atoms with Crippen LogP contribution in [0.3, 0.4) is 0 Å². The number of likely N-dealkylation sites (tertiary alicyclic amines) is 1. The first-order valence-electron chi connectivity index (χ1n) is 11.3. The number of ether oxygens (including phenoxy) is 1. The van der Waals surface area contributed by atoms with Crippen LogP contribution in [0.25, 0.3) is 0 Å². The highest BCUT2D eigenvalue weighted by Crippen LogP contribution is 2.22. The second-order valence-electron chi connectivity index (χ2n) is 8.22. The van der Waals surface area contributed by atoms with Gasteiger partial charge >= 0.3 is 5.97 Å². The largest absolute Gasteiger partial charge is 0.461 e. The van der Waals surface area contributed by atoms with E-state index < -0.39 is 0 Å². The van der Waals surface area contributed by atoms with E-state index in [9.17, 15) is 14.4 Å². The third-order valence-electron chi connectivity index (χ3n) is 6.13. The number of aromatic amines is 1. The van der Waals surface area contributed by atoms with Crippen molar-refractivity contribution < 1.29 is 19.1 Å². The highest BCUT2D eigenvalue weighted by atomic mass is 32.1. The summed E-state index contributed by atoms with van der Waals surface area (Å²) in [5.41, 5.74) is 3.22. The van der Waals surface area contributed by atoms with E-state index in [4.69, 9.17) is 4.74 Å². The van der Waals surface area contributed by atoms with Crippen LogP contribution in [0.15, 0.2) is 17.5 Å². The van der Waals surface area contributed by atoms with Crippen LogP contribution in [0, 0.1) is 19.8 Å². The van der Waals surface area contributed by atoms with Crippen molar-refractivity contribution in [2.45, 2.75) is 52.9 Å². The molecule has 0 atom stereocenters. The maximum Gasteiger partial charge on any atom is 0.355 e. The molecule has 1 aliphatic rings. The molecule has 0 spiro atoms. The van der Waals surface area contributed by atoms with Gasteiger partial charge in [0, 0.05) is 42.5 Å². The Labute approximate surface area is 193 Å². The number of aromatic nitrogens is 1. The zero-order valence-corrected chi connectivity index (χ0v) is 20.0. The monoisotopic (exact) mass is 459 g/mol. The van der Waals surface area contributed by atoms with Crippen molar-refractivity contribution in [1.29, 1.82) is 0 Å². The van der Waals surface area contributed by atoms with E-state index in [0.717, 1.165) is 23.2 Å². The number of nitrogens with one attached hydrogen (secondary N) is 2. The lowest BCUT2D eigenvalue weighted by Crippen LogP contribution is -2.43. The lowest BCUT2D eigenvalue weighted by molar-refractivity contribution is -0.135. The van der Waals surface area contributed by atoms with E-state index in [0.29, 0.717) is 57.6 Å². The van der Waals surface area contributed by atoms with Gasteiger partial charge in [-0.25, -0.2) is 4.79 Å². The van der Waals surface area contributed by atoms with E-state index in [-0.39, 0.29) is 23.7 Å². The van der Waals surface area contributed by atoms with Crippen LogP contribution in [0.2, 0.25) is 0 Å². The average Bonchev–Trinajstić information content (AvgIpc) is 3.40. The van der Waals surface area contributed by atoms with Crippen LogP contribution < -0.4 is 5.32 Å². The number of carbonyl (C=O) groups is 3. The Hall–Kier alpha value is -2.61. The maximum atomic E-state index is 12.7. The van der Waals surface area contributed by atoms with Crippen molar-refractivity contribution in [2.75, 3.05) is 26.2 Å². The Bertz CT molecular complexity index is 927. The smallest absolute Gasteiger partial charge is 0.355 e. The quantitative estimate of drug-likeness (QED) is 0.562. The van der Waals surface area contributed by atoms with Crippen LogP contribution in [-0.2, 0) is 27.2 Å². The van der Waals surface area contributed by atoms with Gasteiger partial charge < -0.3 is 19.9 Å². The van der Waals surface area contributed by atoms with Crippen LogP contribution in [0.4, 0.5) is 0 Å². The number of esters is 1. The number of hydrogen-bond acceptors (Lipinski definition) is 5. The first-order chi connectivity index (χ1) is 15.4. The summed E-state index contributed by atoms with van der Waals surface area (Å²) in [7, 11) is 0. The number of hydrogen-bond donors (Lipinski definition) is 2. The molecule has 7 nitrogen and oxygen atoms in total. The van der Waals surface area contributed by atoms with Crippen molar-refractivity contribution in [3.63, 3.8) is 0 Å². The topological polar surface area (TPSA) is 91.5 Å². The van der Waals surface area contributed by atoms with Gasteiger partial charge in [-0.05, 0) is 69.0 Å². The molecule has 0 unspecified atom stereocenters. The molecule has 174 valence electrons. The van der Waals surface area contributed by atoms with Crippen LogP contribution >= 0.6 is 11.3 Å². The summed E-state index contributed by atoms with van der Waals surface area (Å²) in [6, 6.07) is 4.10. The molecule has 3 rings (SSSR count). The standard InChI is InChI=1S/C24H33N3O4S/c1-4-31-24(30)22-16(2)20(17(3)26-22)7-8-21(28)27-13-10-18(11-14-27)23(29)25-12-9-19-6-5-15-32-19/h5-6,15,18,26H,4,7-14H2,1-3H3,(H,25,29). The predicted octanol–water partition coefficient (Wildman–Crippen LogP) is 3.40. The third kappa shape index (κ3) is 6.00. The second kappa shape index (κ2) is 11.3. The highest BCUT2D eigenvalue weighted by Gasteiger charge is 2.27. The number of carbonyl (C=O) groups excluding carboxylic acids is 3. The molecule has 1 saturated heterocycles. The molecule has 2 N–H and O–H groups in total. The van der Waals surface area contributed by atoms with Gasteiger partial charge in [0.25, 0.3) is 0 Å². The predicted molar refractivity (Wildman–Crippen MR) is 125 cm³/mol. The average molecular weight is 460 g/mol. The summed E-state index contributed by atoms with van der Waals surface area (Å²) in [5.74, 6) is -0.192. The fourth-order valence-corrected chi connectivity index (χ4v) is 4.97. The van der Waals surface area contributed by atoms with E-state index in [1.54, 1.807) is 18.3 Å². The molecule has 32 heavy (non-hydrogen) atoms. The summed E-state index contributed by atoms with van der Waals surface area (Å²) in [6.45, 7) is 7.78. The molecular formula is C24H33N3O4S. The first-order valence-corrected chi connectivity index (χ1v) is 12.2. The molecular weight excluding hydrogens is 426 g/mol. The fourth-order valence-electron chi connectivity index (χ4n) is 4.26. The van der Waals surface area contributed by atoms with Gasteiger partial charge in [-0.1, -0.05) is 6.07 Å². The molecule has 8 heteroatoms. The fraction of sp³-hybridized carbons (Fsp3) is 0.542. The number of nitrogens with zero attached hydrogens (tertiary/aromatic N) is 1. The third-order valence-corrected chi connectivity index (χ3v) is 7.07. The van der Waals surface area contributed by atoms with Crippen LogP contribution in [-0.4, -0.2) is 53.9 Å². The SMILES string of the molecule is CCOC(=O)c1[nH]c(C)c(CCC(=O)N2CCC(C(=O)NCCc3cccs3)CC2)c1C. The van der Waals surface area contributed by atoms with Crippen molar-refractivity contribution >= 4 is 29.1 Å². The molecule has 0 bridgehead atoms. The normalized spacial score (nSPS) is 14.4. The molecule has 1 fully saturated rings. The summed E-state index contributed by atoms with van der Waals surface area (Å²) in [6.07, 6.45) is 3.23. The van der Waals surface area contributed by atoms with Crippen LogP contribution in [0.1, 0.15) is 58.4 Å². The Morgan fingerprint density at radius 2 is 1.97 bits per heavy atom. The minimum Gasteiger partial charge on any atom is -0.461 e. The summed E-state index contributed by atoms with van der Waals surface area (Å²) < 4.78 is 5.09. The summed E-state index contributed by atoms with van der Waals surface area (Å²) in [4.78, 5) is 43.5. The summed E-state index contributed by atoms with van der Waals surface area (Å²) in [5, 5.41) is 5.08.